The first-order chi connectivity index (χ1) is 17.4. The fourth-order valence-corrected chi connectivity index (χ4v) is 5.18. The van der Waals surface area contributed by atoms with Crippen molar-refractivity contribution in [2.45, 2.75) is 38.1 Å². The first-order valence-electron chi connectivity index (χ1n) is 11.6. The Morgan fingerprint density at radius 2 is 1.92 bits per heavy atom. The van der Waals surface area contributed by atoms with Crippen LogP contribution in [0.3, 0.4) is 0 Å². The molecule has 0 radical (unpaired) electrons. The molecule has 1 aromatic carbocycles. The maximum Gasteiger partial charge on any atom is 0.270 e. The van der Waals surface area contributed by atoms with Gasteiger partial charge in [0, 0.05) is 64.8 Å². The highest BCUT2D eigenvalue weighted by atomic mass is 35.5. The Labute approximate surface area is 211 Å². The van der Waals surface area contributed by atoms with E-state index in [0.29, 0.717) is 52.2 Å². The van der Waals surface area contributed by atoms with Gasteiger partial charge in [0.05, 0.1) is 11.2 Å². The number of nitrogens with zero attached hydrogens (tertiary/aromatic N) is 3. The number of rotatable bonds is 5. The van der Waals surface area contributed by atoms with Crippen LogP contribution in [0.25, 0.3) is 10.9 Å². The summed E-state index contributed by atoms with van der Waals surface area (Å²) in [7, 11) is 0. The number of pyridine rings is 2. The maximum absolute atomic E-state index is 13.6. The minimum absolute atomic E-state index is 0.127. The minimum Gasteiger partial charge on any atom is -0.304 e. The van der Waals surface area contributed by atoms with Crippen LogP contribution in [0.5, 0.6) is 0 Å². The lowest BCUT2D eigenvalue weighted by molar-refractivity contribution is -0.133. The van der Waals surface area contributed by atoms with E-state index in [1.54, 1.807) is 34.9 Å². The predicted octanol–water partition coefficient (Wildman–Crippen LogP) is 3.90. The van der Waals surface area contributed by atoms with Crippen molar-refractivity contribution in [3.05, 3.63) is 99.2 Å². The van der Waals surface area contributed by atoms with Crippen molar-refractivity contribution >= 4 is 40.1 Å². The van der Waals surface area contributed by atoms with Crippen LogP contribution in [0, 0.1) is 0 Å². The molecule has 1 aliphatic carbocycles. The monoisotopic (exact) mass is 502 g/mol. The van der Waals surface area contributed by atoms with Crippen molar-refractivity contribution in [1.82, 2.24) is 20.0 Å². The number of benzene rings is 1. The summed E-state index contributed by atoms with van der Waals surface area (Å²) in [6.07, 6.45) is 5.76. The van der Waals surface area contributed by atoms with Gasteiger partial charge in [-0.3, -0.25) is 29.6 Å². The van der Waals surface area contributed by atoms with Gasteiger partial charge < -0.3 is 4.57 Å². The first kappa shape index (κ1) is 23.7. The number of hydrazine groups is 1. The molecule has 0 saturated heterocycles. The Morgan fingerprint density at radius 3 is 2.67 bits per heavy atom. The highest BCUT2D eigenvalue weighted by molar-refractivity contribution is 6.31. The molecule has 0 saturated carbocycles. The Hall–Kier alpha value is -4.04. The normalized spacial score (nSPS) is 17.8. The summed E-state index contributed by atoms with van der Waals surface area (Å²) in [5.74, 6) is -1.72. The van der Waals surface area contributed by atoms with Gasteiger partial charge in [-0.2, -0.15) is 0 Å². The lowest BCUT2D eigenvalue weighted by atomic mass is 9.77. The number of carbonyl (C=O) groups is 3. The van der Waals surface area contributed by atoms with Crippen LogP contribution in [0.15, 0.2) is 77.5 Å². The average molecular weight is 503 g/mol. The Balaban J connectivity index is 1.64. The number of nitrogens with one attached hydrogen (secondary N) is 1. The van der Waals surface area contributed by atoms with Crippen LogP contribution >= 0.6 is 11.6 Å². The van der Waals surface area contributed by atoms with Crippen LogP contribution in [0.2, 0.25) is 5.02 Å². The van der Waals surface area contributed by atoms with E-state index in [9.17, 15) is 19.2 Å². The fourth-order valence-electron chi connectivity index (χ4n) is 5.00. The van der Waals surface area contributed by atoms with E-state index in [0.717, 1.165) is 5.39 Å². The van der Waals surface area contributed by atoms with Crippen molar-refractivity contribution in [3.8, 4) is 0 Å². The van der Waals surface area contributed by atoms with Crippen molar-refractivity contribution in [1.29, 1.82) is 0 Å². The van der Waals surface area contributed by atoms with Gasteiger partial charge in [-0.1, -0.05) is 17.7 Å². The van der Waals surface area contributed by atoms with Gasteiger partial charge in [-0.15, -0.1) is 6.58 Å². The van der Waals surface area contributed by atoms with Gasteiger partial charge in [0.15, 0.2) is 5.78 Å². The van der Waals surface area contributed by atoms with E-state index >= 15 is 0 Å². The molecular weight excluding hydrogens is 480 g/mol. The lowest BCUT2D eigenvalue weighted by Crippen LogP contribution is -2.50. The molecule has 3 heterocycles. The summed E-state index contributed by atoms with van der Waals surface area (Å²) in [6.45, 7) is 4.03. The molecule has 1 atom stereocenters. The topological polar surface area (TPSA) is 101 Å². The molecule has 2 amide bonds. The number of hydrogen-bond donors (Lipinski definition) is 1. The standard InChI is InChI=1S/C27H23ClN4O4/c1-2-12-31-21-7-6-18(28)13-17(21)14-20(27(31)36)19-15-24(34)32(22-4-3-5-23(33)25(19)22)30-26(35)16-8-10-29-11-9-16/h2,6-11,13-14,19H,1,3-5,12,15H2,(H,30,35). The second-order valence-electron chi connectivity index (χ2n) is 8.81. The number of amides is 2. The molecule has 2 aromatic heterocycles. The van der Waals surface area contributed by atoms with E-state index in [4.69, 9.17) is 11.6 Å². The molecule has 0 fully saturated rings. The summed E-state index contributed by atoms with van der Waals surface area (Å²) in [6, 6.07) is 10.0. The van der Waals surface area contributed by atoms with Crippen molar-refractivity contribution < 1.29 is 14.4 Å². The zero-order valence-electron chi connectivity index (χ0n) is 19.4. The number of aromatic nitrogens is 2. The largest absolute Gasteiger partial charge is 0.304 e. The molecule has 1 N–H and O–H groups in total. The molecule has 1 aliphatic heterocycles. The van der Waals surface area contributed by atoms with Gasteiger partial charge in [-0.25, -0.2) is 5.01 Å². The number of Topliss-reactive ketones (excluding diaryl/α,β-unsaturated/α-hetero) is 1. The summed E-state index contributed by atoms with van der Waals surface area (Å²) in [5.41, 5.74) is 4.58. The molecule has 3 aromatic rings. The Kier molecular flexibility index (Phi) is 6.28. The highest BCUT2D eigenvalue weighted by Crippen LogP contribution is 2.40. The number of carbonyl (C=O) groups excluding carboxylic acids is 3. The minimum atomic E-state index is -0.721. The molecule has 0 bridgehead atoms. The van der Waals surface area contributed by atoms with E-state index in [1.807, 2.05) is 0 Å². The van der Waals surface area contributed by atoms with Crippen LogP contribution in [-0.4, -0.2) is 32.2 Å². The smallest absolute Gasteiger partial charge is 0.270 e. The zero-order valence-corrected chi connectivity index (χ0v) is 20.1. The molecule has 8 nitrogen and oxygen atoms in total. The lowest BCUT2D eigenvalue weighted by Gasteiger charge is -2.38. The molecule has 2 aliphatic rings. The average Bonchev–Trinajstić information content (AvgIpc) is 2.87. The second kappa shape index (κ2) is 9.54. The molecule has 36 heavy (non-hydrogen) atoms. The summed E-state index contributed by atoms with van der Waals surface area (Å²) < 4.78 is 1.57. The molecule has 182 valence electrons. The van der Waals surface area contributed by atoms with Gasteiger partial charge in [0.25, 0.3) is 11.5 Å². The van der Waals surface area contributed by atoms with Crippen molar-refractivity contribution in [2.75, 3.05) is 0 Å². The Bertz CT molecular complexity index is 1510. The van der Waals surface area contributed by atoms with Crippen LogP contribution in [0.1, 0.15) is 47.5 Å². The van der Waals surface area contributed by atoms with Crippen molar-refractivity contribution in [2.24, 2.45) is 0 Å². The summed E-state index contributed by atoms with van der Waals surface area (Å²) >= 11 is 6.23. The van der Waals surface area contributed by atoms with E-state index < -0.39 is 17.7 Å². The molecule has 5 rings (SSSR count). The molecule has 9 heteroatoms. The predicted molar refractivity (Wildman–Crippen MR) is 135 cm³/mol. The number of ketones is 1. The number of allylic oxidation sites excluding steroid dienone is 3. The van der Waals surface area contributed by atoms with Gasteiger partial charge in [0.1, 0.15) is 0 Å². The van der Waals surface area contributed by atoms with Gasteiger partial charge in [0.2, 0.25) is 5.91 Å². The molecule has 0 spiro atoms. The third-order valence-electron chi connectivity index (χ3n) is 6.60. The summed E-state index contributed by atoms with van der Waals surface area (Å²) in [5, 5.41) is 2.42. The summed E-state index contributed by atoms with van der Waals surface area (Å²) in [4.78, 5) is 56.9. The van der Waals surface area contributed by atoms with Crippen molar-refractivity contribution in [3.63, 3.8) is 0 Å². The first-order valence-corrected chi connectivity index (χ1v) is 12.0. The Morgan fingerprint density at radius 1 is 1.14 bits per heavy atom. The third kappa shape index (κ3) is 4.13. The van der Waals surface area contributed by atoms with Gasteiger partial charge >= 0.3 is 0 Å². The molecular formula is C27H23ClN4O4. The number of hydrogen-bond acceptors (Lipinski definition) is 5. The van der Waals surface area contributed by atoms with E-state index in [2.05, 4.69) is 17.0 Å². The SMILES string of the molecule is C=CCn1c(=O)c(C2CC(=O)N(NC(=O)c3ccncc3)C3=C2C(=O)CCC3)cc2cc(Cl)ccc21. The quantitative estimate of drug-likeness (QED) is 0.533. The second-order valence-corrected chi connectivity index (χ2v) is 9.24. The fraction of sp³-hybridized carbons (Fsp3) is 0.222. The number of halogens is 1. The zero-order chi connectivity index (χ0) is 25.4. The molecule has 1 unspecified atom stereocenters. The third-order valence-corrected chi connectivity index (χ3v) is 6.84. The van der Waals surface area contributed by atoms with Crippen LogP contribution in [-0.2, 0) is 16.1 Å². The highest BCUT2D eigenvalue weighted by Gasteiger charge is 2.41. The maximum atomic E-state index is 13.6. The van der Waals surface area contributed by atoms with Crippen LogP contribution in [0.4, 0.5) is 0 Å². The van der Waals surface area contributed by atoms with E-state index in [1.165, 1.54) is 29.5 Å². The number of fused-ring (bicyclic) bond motifs is 1. The van der Waals surface area contributed by atoms with E-state index in [-0.39, 0.29) is 24.3 Å². The van der Waals surface area contributed by atoms with Crippen LogP contribution < -0.4 is 11.0 Å². The van der Waals surface area contributed by atoms with Gasteiger partial charge in [-0.05, 0) is 49.2 Å².